The average molecular weight is 371 g/mol. The van der Waals surface area contributed by atoms with Crippen LogP contribution in [-0.2, 0) is 19.0 Å². The largest absolute Gasteiger partial charge is 0.462 e. The summed E-state index contributed by atoms with van der Waals surface area (Å²) < 4.78 is 16.6. The quantitative estimate of drug-likeness (QED) is 0.239. The van der Waals surface area contributed by atoms with Crippen LogP contribution in [0, 0.1) is 0 Å². The smallest absolute Gasteiger partial charge is 0.306 e. The third-order valence-electron chi connectivity index (χ3n) is 5.03. The first-order valence-corrected chi connectivity index (χ1v) is 11.2. The van der Waals surface area contributed by atoms with Gasteiger partial charge in [0, 0.05) is 19.6 Å². The Morgan fingerprint density at radius 2 is 1.31 bits per heavy atom. The highest BCUT2D eigenvalue weighted by atomic mass is 16.5. The summed E-state index contributed by atoms with van der Waals surface area (Å²) in [5.74, 6) is -0.0635. The van der Waals surface area contributed by atoms with E-state index in [-0.39, 0.29) is 12.1 Å². The predicted molar refractivity (Wildman–Crippen MR) is 106 cm³/mol. The number of carbonyl (C=O) groups is 1. The molecule has 0 aromatic rings. The Morgan fingerprint density at radius 3 is 1.96 bits per heavy atom. The number of unbranched alkanes of at least 4 members (excludes halogenated alkanes) is 7. The summed E-state index contributed by atoms with van der Waals surface area (Å²) in [6.45, 7) is 4.98. The second kappa shape index (κ2) is 17.8. The van der Waals surface area contributed by atoms with Gasteiger partial charge in [-0.1, -0.05) is 58.3 Å². The molecule has 0 unspecified atom stereocenters. The minimum absolute atomic E-state index is 0.0635. The van der Waals surface area contributed by atoms with Crippen LogP contribution in [0.3, 0.4) is 0 Å². The van der Waals surface area contributed by atoms with Gasteiger partial charge in [-0.3, -0.25) is 4.79 Å². The number of hydrogen-bond acceptors (Lipinski definition) is 4. The minimum Gasteiger partial charge on any atom is -0.462 e. The average Bonchev–Trinajstić information content (AvgIpc) is 2.65. The summed E-state index contributed by atoms with van der Waals surface area (Å²) in [4.78, 5) is 11.7. The Bertz CT molecular complexity index is 313. The number of esters is 1. The molecule has 0 radical (unpaired) electrons. The summed E-state index contributed by atoms with van der Waals surface area (Å²) in [5.41, 5.74) is 0. The normalized spacial score (nSPS) is 15.3. The molecule has 0 bridgehead atoms. The fourth-order valence-corrected chi connectivity index (χ4v) is 3.41. The van der Waals surface area contributed by atoms with Gasteiger partial charge in [-0.05, 0) is 38.5 Å². The van der Waals surface area contributed by atoms with E-state index in [1.165, 1.54) is 64.2 Å². The van der Waals surface area contributed by atoms with Crippen molar-refractivity contribution < 1.29 is 19.0 Å². The molecule has 0 atom stereocenters. The van der Waals surface area contributed by atoms with E-state index in [4.69, 9.17) is 14.2 Å². The van der Waals surface area contributed by atoms with Crippen molar-refractivity contribution in [1.82, 2.24) is 0 Å². The number of hydrogen-bond donors (Lipinski definition) is 0. The van der Waals surface area contributed by atoms with Crippen molar-refractivity contribution in [3.63, 3.8) is 0 Å². The molecule has 4 nitrogen and oxygen atoms in total. The van der Waals surface area contributed by atoms with Crippen LogP contribution in [0.1, 0.15) is 103 Å². The maximum absolute atomic E-state index is 11.7. The van der Waals surface area contributed by atoms with Gasteiger partial charge in [0.1, 0.15) is 6.10 Å². The first-order valence-electron chi connectivity index (χ1n) is 11.2. The summed E-state index contributed by atoms with van der Waals surface area (Å²) in [6, 6.07) is 0. The molecule has 0 N–H and O–H groups in total. The zero-order valence-electron chi connectivity index (χ0n) is 17.1. The maximum Gasteiger partial charge on any atom is 0.306 e. The van der Waals surface area contributed by atoms with E-state index in [1.54, 1.807) is 0 Å². The molecule has 1 fully saturated rings. The molecule has 1 aliphatic carbocycles. The summed E-state index contributed by atoms with van der Waals surface area (Å²) in [5, 5.41) is 0. The van der Waals surface area contributed by atoms with Gasteiger partial charge in [-0.2, -0.15) is 0 Å². The molecule has 26 heavy (non-hydrogen) atoms. The Balaban J connectivity index is 1.73. The van der Waals surface area contributed by atoms with Crippen molar-refractivity contribution in [2.75, 3.05) is 26.4 Å². The number of carbonyl (C=O) groups excluding carboxylic acids is 1. The van der Waals surface area contributed by atoms with Crippen LogP contribution in [0.25, 0.3) is 0 Å². The van der Waals surface area contributed by atoms with Crippen LogP contribution in [0.5, 0.6) is 0 Å². The fraction of sp³-hybridized carbons (Fsp3) is 0.955. The minimum atomic E-state index is -0.0635. The first kappa shape index (κ1) is 23.4. The first-order chi connectivity index (χ1) is 12.8. The van der Waals surface area contributed by atoms with Crippen LogP contribution in [0.15, 0.2) is 0 Å². The molecular formula is C22H42O4. The topological polar surface area (TPSA) is 44.8 Å². The third-order valence-corrected chi connectivity index (χ3v) is 5.03. The highest BCUT2D eigenvalue weighted by Crippen LogP contribution is 2.20. The zero-order valence-corrected chi connectivity index (χ0v) is 17.1. The summed E-state index contributed by atoms with van der Waals surface area (Å²) >= 11 is 0. The monoisotopic (exact) mass is 370 g/mol. The van der Waals surface area contributed by atoms with E-state index in [1.807, 2.05) is 0 Å². The van der Waals surface area contributed by atoms with Crippen LogP contribution in [0.2, 0.25) is 0 Å². The standard InChI is InChI=1S/C22H42O4/c1-2-3-4-5-6-7-8-12-17-24-19-20-25-18-13-16-22(23)26-21-14-10-9-11-15-21/h21H,2-20H2,1H3. The fourth-order valence-electron chi connectivity index (χ4n) is 3.41. The van der Waals surface area contributed by atoms with Gasteiger partial charge < -0.3 is 14.2 Å². The van der Waals surface area contributed by atoms with Crippen LogP contribution in [-0.4, -0.2) is 38.5 Å². The van der Waals surface area contributed by atoms with Gasteiger partial charge in [0.05, 0.1) is 13.2 Å². The van der Waals surface area contributed by atoms with Crippen molar-refractivity contribution in [3.05, 3.63) is 0 Å². The van der Waals surface area contributed by atoms with E-state index in [9.17, 15) is 4.79 Å². The molecule has 0 spiro atoms. The maximum atomic E-state index is 11.7. The Morgan fingerprint density at radius 1 is 0.731 bits per heavy atom. The molecule has 0 aromatic heterocycles. The van der Waals surface area contributed by atoms with Gasteiger partial charge in [0.2, 0.25) is 0 Å². The van der Waals surface area contributed by atoms with Gasteiger partial charge in [-0.25, -0.2) is 0 Å². The Kier molecular flexibility index (Phi) is 16.0. The van der Waals surface area contributed by atoms with E-state index in [0.29, 0.717) is 26.2 Å². The van der Waals surface area contributed by atoms with Gasteiger partial charge in [0.25, 0.3) is 0 Å². The highest BCUT2D eigenvalue weighted by Gasteiger charge is 2.17. The molecule has 0 aromatic carbocycles. The molecule has 154 valence electrons. The van der Waals surface area contributed by atoms with Crippen LogP contribution < -0.4 is 0 Å². The van der Waals surface area contributed by atoms with Crippen LogP contribution >= 0.6 is 0 Å². The van der Waals surface area contributed by atoms with Crippen LogP contribution in [0.4, 0.5) is 0 Å². The lowest BCUT2D eigenvalue weighted by Crippen LogP contribution is -2.21. The van der Waals surface area contributed by atoms with Crippen molar-refractivity contribution in [3.8, 4) is 0 Å². The predicted octanol–water partition coefficient (Wildman–Crippen LogP) is 5.82. The lowest BCUT2D eigenvalue weighted by atomic mass is 9.98. The second-order valence-electron chi connectivity index (χ2n) is 7.55. The van der Waals surface area contributed by atoms with Gasteiger partial charge >= 0.3 is 5.97 Å². The molecule has 0 heterocycles. The zero-order chi connectivity index (χ0) is 18.7. The summed E-state index contributed by atoms with van der Waals surface area (Å²) in [6.07, 6.45) is 17.7. The molecule has 1 rings (SSSR count). The molecule has 0 saturated heterocycles. The molecular weight excluding hydrogens is 328 g/mol. The van der Waals surface area contributed by atoms with E-state index in [2.05, 4.69) is 6.92 Å². The van der Waals surface area contributed by atoms with Crippen molar-refractivity contribution in [1.29, 1.82) is 0 Å². The van der Waals surface area contributed by atoms with Crippen molar-refractivity contribution in [2.24, 2.45) is 0 Å². The van der Waals surface area contributed by atoms with Gasteiger partial charge in [0.15, 0.2) is 0 Å². The molecule has 0 amide bonds. The Hall–Kier alpha value is -0.610. The lowest BCUT2D eigenvalue weighted by Gasteiger charge is -2.21. The summed E-state index contributed by atoms with van der Waals surface area (Å²) in [7, 11) is 0. The van der Waals surface area contributed by atoms with Crippen molar-refractivity contribution in [2.45, 2.75) is 109 Å². The molecule has 1 aliphatic rings. The SMILES string of the molecule is CCCCCCCCCCOCCOCCCC(=O)OC1CCCCC1. The number of rotatable bonds is 17. The van der Waals surface area contributed by atoms with Gasteiger partial charge in [-0.15, -0.1) is 0 Å². The molecule has 1 saturated carbocycles. The van der Waals surface area contributed by atoms with E-state index >= 15 is 0 Å². The van der Waals surface area contributed by atoms with E-state index in [0.717, 1.165) is 32.3 Å². The Labute approximate surface area is 161 Å². The van der Waals surface area contributed by atoms with Crippen molar-refractivity contribution >= 4 is 5.97 Å². The molecule has 0 aliphatic heterocycles. The highest BCUT2D eigenvalue weighted by molar-refractivity contribution is 5.69. The van der Waals surface area contributed by atoms with E-state index < -0.39 is 0 Å². The third kappa shape index (κ3) is 14.5. The lowest BCUT2D eigenvalue weighted by molar-refractivity contribution is -0.150. The molecule has 4 heteroatoms. The second-order valence-corrected chi connectivity index (χ2v) is 7.55. The number of ether oxygens (including phenoxy) is 3.